The van der Waals surface area contributed by atoms with E-state index >= 15 is 0 Å². The quantitative estimate of drug-likeness (QED) is 0.298. The van der Waals surface area contributed by atoms with Crippen LogP contribution in [0.1, 0.15) is 20.8 Å². The molecule has 7 nitrogen and oxygen atoms in total. The number of esters is 3. The SMILES string of the molecule is COC(=O)C(=O)[C@@](F)(C(=O)OC)[C@@H](OC(C)=O)C(C)C. The van der Waals surface area contributed by atoms with Crippen LogP contribution in [0.4, 0.5) is 4.39 Å². The zero-order chi connectivity index (χ0) is 16.1. The van der Waals surface area contributed by atoms with E-state index < -0.39 is 41.4 Å². The minimum atomic E-state index is -3.46. The maximum atomic E-state index is 14.9. The summed E-state index contributed by atoms with van der Waals surface area (Å²) in [5, 5.41) is 0. The summed E-state index contributed by atoms with van der Waals surface area (Å²) in [5.74, 6) is -6.67. The van der Waals surface area contributed by atoms with Gasteiger partial charge in [-0.25, -0.2) is 14.0 Å². The molecule has 0 fully saturated rings. The number of carbonyl (C=O) groups is 4. The molecule has 0 aromatic carbocycles. The molecule has 0 aliphatic carbocycles. The van der Waals surface area contributed by atoms with Crippen molar-refractivity contribution in [3.63, 3.8) is 0 Å². The van der Waals surface area contributed by atoms with Crippen LogP contribution in [0.3, 0.4) is 0 Å². The highest BCUT2D eigenvalue weighted by atomic mass is 19.1. The van der Waals surface area contributed by atoms with Crippen molar-refractivity contribution in [1.82, 2.24) is 0 Å². The van der Waals surface area contributed by atoms with E-state index in [-0.39, 0.29) is 0 Å². The summed E-state index contributed by atoms with van der Waals surface area (Å²) >= 11 is 0. The van der Waals surface area contributed by atoms with Crippen LogP contribution in [0.25, 0.3) is 0 Å². The molecule has 8 heteroatoms. The lowest BCUT2D eigenvalue weighted by Crippen LogP contribution is -2.58. The summed E-state index contributed by atoms with van der Waals surface area (Å²) < 4.78 is 27.9. The lowest BCUT2D eigenvalue weighted by Gasteiger charge is -2.31. The molecule has 20 heavy (non-hydrogen) atoms. The van der Waals surface area contributed by atoms with Gasteiger partial charge in [0.1, 0.15) is 0 Å². The van der Waals surface area contributed by atoms with Crippen LogP contribution in [-0.2, 0) is 33.4 Å². The van der Waals surface area contributed by atoms with Gasteiger partial charge < -0.3 is 14.2 Å². The molecule has 0 unspecified atom stereocenters. The maximum Gasteiger partial charge on any atom is 0.378 e. The average molecular weight is 292 g/mol. The van der Waals surface area contributed by atoms with Crippen molar-refractivity contribution in [1.29, 1.82) is 0 Å². The fourth-order valence-corrected chi connectivity index (χ4v) is 1.58. The molecule has 0 aliphatic heterocycles. The van der Waals surface area contributed by atoms with E-state index in [1.807, 2.05) is 0 Å². The number of methoxy groups -OCH3 is 2. The van der Waals surface area contributed by atoms with Gasteiger partial charge in [-0.2, -0.15) is 0 Å². The van der Waals surface area contributed by atoms with Gasteiger partial charge in [0, 0.05) is 6.92 Å². The van der Waals surface area contributed by atoms with Crippen molar-refractivity contribution in [3.8, 4) is 0 Å². The number of rotatable bonds is 6. The van der Waals surface area contributed by atoms with Gasteiger partial charge in [0.15, 0.2) is 6.10 Å². The van der Waals surface area contributed by atoms with Crippen LogP contribution in [0.5, 0.6) is 0 Å². The van der Waals surface area contributed by atoms with Gasteiger partial charge in [0.05, 0.1) is 14.2 Å². The highest BCUT2D eigenvalue weighted by molar-refractivity contribution is 6.41. The molecule has 0 aromatic heterocycles. The van der Waals surface area contributed by atoms with Crippen molar-refractivity contribution in [2.24, 2.45) is 5.92 Å². The Bertz CT molecular complexity index is 418. The number of ketones is 1. The van der Waals surface area contributed by atoms with E-state index in [4.69, 9.17) is 0 Å². The molecular weight excluding hydrogens is 275 g/mol. The van der Waals surface area contributed by atoms with Gasteiger partial charge in [0.2, 0.25) is 0 Å². The first-order valence-corrected chi connectivity index (χ1v) is 5.70. The molecule has 0 heterocycles. The Hall–Kier alpha value is -1.99. The molecule has 114 valence electrons. The van der Waals surface area contributed by atoms with Gasteiger partial charge >= 0.3 is 23.6 Å². The van der Waals surface area contributed by atoms with E-state index in [0.717, 1.165) is 21.1 Å². The Kier molecular flexibility index (Phi) is 6.28. The molecule has 0 saturated heterocycles. The smallest absolute Gasteiger partial charge is 0.378 e. The van der Waals surface area contributed by atoms with Gasteiger partial charge in [-0.3, -0.25) is 9.59 Å². The molecule has 0 aliphatic rings. The van der Waals surface area contributed by atoms with Gasteiger partial charge in [-0.05, 0) is 5.92 Å². The van der Waals surface area contributed by atoms with Crippen molar-refractivity contribution in [2.75, 3.05) is 14.2 Å². The minimum absolute atomic E-state index is 0.767. The minimum Gasteiger partial charge on any atom is -0.466 e. The second kappa shape index (κ2) is 6.97. The fraction of sp³-hybridized carbons (Fsp3) is 0.667. The van der Waals surface area contributed by atoms with E-state index in [2.05, 4.69) is 14.2 Å². The Labute approximate surface area is 115 Å². The Morgan fingerprint density at radius 3 is 1.85 bits per heavy atom. The number of hydrogen-bond acceptors (Lipinski definition) is 7. The lowest BCUT2D eigenvalue weighted by molar-refractivity contribution is -0.185. The highest BCUT2D eigenvalue weighted by Gasteiger charge is 2.60. The van der Waals surface area contributed by atoms with E-state index in [1.165, 1.54) is 13.8 Å². The molecule has 0 radical (unpaired) electrons. The predicted octanol–water partition coefficient (Wildman–Crippen LogP) is 0.197. The molecule has 0 spiro atoms. The van der Waals surface area contributed by atoms with Gasteiger partial charge in [0.25, 0.3) is 5.78 Å². The molecule has 0 aromatic rings. The van der Waals surface area contributed by atoms with Crippen LogP contribution < -0.4 is 0 Å². The second-order valence-corrected chi connectivity index (χ2v) is 4.30. The van der Waals surface area contributed by atoms with Crippen LogP contribution in [-0.4, -0.2) is 49.7 Å². The lowest BCUT2D eigenvalue weighted by atomic mass is 9.86. The highest BCUT2D eigenvalue weighted by Crippen LogP contribution is 2.29. The number of carbonyl (C=O) groups excluding carboxylic acids is 4. The van der Waals surface area contributed by atoms with E-state index in [1.54, 1.807) is 0 Å². The maximum absolute atomic E-state index is 14.9. The number of hydrogen-bond donors (Lipinski definition) is 0. The molecular formula is C12H17FO7. The zero-order valence-electron chi connectivity index (χ0n) is 11.9. The predicted molar refractivity (Wildman–Crippen MR) is 63.3 cm³/mol. The monoisotopic (exact) mass is 292 g/mol. The van der Waals surface area contributed by atoms with Crippen LogP contribution in [0.2, 0.25) is 0 Å². The van der Waals surface area contributed by atoms with Crippen molar-refractivity contribution in [3.05, 3.63) is 0 Å². The number of halogens is 1. The zero-order valence-corrected chi connectivity index (χ0v) is 11.9. The Morgan fingerprint density at radius 2 is 1.55 bits per heavy atom. The van der Waals surface area contributed by atoms with Crippen LogP contribution in [0.15, 0.2) is 0 Å². The number of alkyl halides is 1. The molecule has 0 rings (SSSR count). The molecule has 0 N–H and O–H groups in total. The van der Waals surface area contributed by atoms with Crippen molar-refractivity contribution < 1.29 is 37.8 Å². The molecule has 0 bridgehead atoms. The standard InChI is InChI=1S/C12H17FO7/c1-6(2)9(20-7(3)14)12(13,11(17)19-5)8(15)10(16)18-4/h6,9H,1-5H3/t9-,12-/m0/s1. The summed E-state index contributed by atoms with van der Waals surface area (Å²) in [5.41, 5.74) is -3.46. The first-order chi connectivity index (χ1) is 9.12. The summed E-state index contributed by atoms with van der Waals surface area (Å²) in [4.78, 5) is 45.6. The average Bonchev–Trinajstić information content (AvgIpc) is 2.40. The normalized spacial score (nSPS) is 14.9. The van der Waals surface area contributed by atoms with E-state index in [9.17, 15) is 23.6 Å². The van der Waals surface area contributed by atoms with E-state index in [0.29, 0.717) is 0 Å². The first kappa shape index (κ1) is 18.0. The third-order valence-corrected chi connectivity index (χ3v) is 2.47. The summed E-state index contributed by atoms with van der Waals surface area (Å²) in [7, 11) is 1.69. The van der Waals surface area contributed by atoms with Crippen LogP contribution >= 0.6 is 0 Å². The largest absolute Gasteiger partial charge is 0.466 e. The Morgan fingerprint density at radius 1 is 1.05 bits per heavy atom. The fourth-order valence-electron chi connectivity index (χ4n) is 1.58. The van der Waals surface area contributed by atoms with Gasteiger partial charge in [-0.1, -0.05) is 13.8 Å². The van der Waals surface area contributed by atoms with Crippen molar-refractivity contribution in [2.45, 2.75) is 32.5 Å². The third kappa shape index (κ3) is 3.52. The van der Waals surface area contributed by atoms with Crippen LogP contribution in [0, 0.1) is 5.92 Å². The van der Waals surface area contributed by atoms with Gasteiger partial charge in [-0.15, -0.1) is 0 Å². The number of ether oxygens (including phenoxy) is 3. The summed E-state index contributed by atoms with van der Waals surface area (Å²) in [6, 6.07) is 0. The number of Topliss-reactive ketones (excluding diaryl/α,β-unsaturated/α-hetero) is 1. The Balaban J connectivity index is 5.83. The summed E-state index contributed by atoms with van der Waals surface area (Å²) in [6.45, 7) is 3.81. The molecule has 2 atom stereocenters. The topological polar surface area (TPSA) is 96.0 Å². The molecule has 0 saturated carbocycles. The first-order valence-electron chi connectivity index (χ1n) is 5.70. The third-order valence-electron chi connectivity index (χ3n) is 2.47. The van der Waals surface area contributed by atoms with Crippen molar-refractivity contribution >= 4 is 23.7 Å². The summed E-state index contributed by atoms with van der Waals surface area (Å²) in [6.07, 6.45) is -1.81. The second-order valence-electron chi connectivity index (χ2n) is 4.30. The molecule has 0 amide bonds.